The molecule has 3 aliphatic carbocycles. The molecule has 0 nitrogen and oxygen atoms in total. The first kappa shape index (κ1) is 8.72. The summed E-state index contributed by atoms with van der Waals surface area (Å²) in [7, 11) is 0. The number of halogens is 2. The maximum atomic E-state index is 13.0. The highest BCUT2D eigenvalue weighted by atomic mass is 35.5. The quantitative estimate of drug-likeness (QED) is 0.656. The van der Waals surface area contributed by atoms with Gasteiger partial charge in [-0.05, 0) is 47.8 Å². The molecule has 0 amide bonds. The van der Waals surface area contributed by atoms with Crippen LogP contribution in [0.1, 0.15) is 24.8 Å². The van der Waals surface area contributed by atoms with Gasteiger partial charge in [0, 0.05) is 5.88 Å². The van der Waals surface area contributed by atoms with Crippen molar-refractivity contribution in [3.05, 3.63) is 35.6 Å². The molecule has 2 heteroatoms. The highest BCUT2D eigenvalue weighted by Crippen LogP contribution is 2.73. The molecular formula is C12H12ClF. The monoisotopic (exact) mass is 210 g/mol. The van der Waals surface area contributed by atoms with Crippen molar-refractivity contribution in [2.75, 3.05) is 5.88 Å². The van der Waals surface area contributed by atoms with E-state index >= 15 is 0 Å². The smallest absolute Gasteiger partial charge is 0.123 e. The molecule has 0 aliphatic heterocycles. The Balaban J connectivity index is 1.87. The van der Waals surface area contributed by atoms with Gasteiger partial charge in [0.15, 0.2) is 0 Å². The average Bonchev–Trinajstić information content (AvgIpc) is 2.00. The second-order valence-electron chi connectivity index (χ2n) is 4.95. The first-order valence-electron chi connectivity index (χ1n) is 5.00. The van der Waals surface area contributed by atoms with Gasteiger partial charge in [-0.15, -0.1) is 11.6 Å². The van der Waals surface area contributed by atoms with E-state index < -0.39 is 0 Å². The Labute approximate surface area is 88.1 Å². The van der Waals surface area contributed by atoms with Crippen molar-refractivity contribution >= 4 is 11.6 Å². The molecule has 3 fully saturated rings. The first-order chi connectivity index (χ1) is 6.68. The largest absolute Gasteiger partial charge is 0.207 e. The van der Waals surface area contributed by atoms with Crippen molar-refractivity contribution < 1.29 is 4.39 Å². The molecule has 0 atom stereocenters. The third-order valence-electron chi connectivity index (χ3n) is 3.86. The van der Waals surface area contributed by atoms with Crippen molar-refractivity contribution in [1.29, 1.82) is 0 Å². The summed E-state index contributed by atoms with van der Waals surface area (Å²) >= 11 is 5.89. The molecule has 14 heavy (non-hydrogen) atoms. The Morgan fingerprint density at radius 3 is 2.57 bits per heavy atom. The molecule has 0 radical (unpaired) electrons. The maximum absolute atomic E-state index is 13.0. The summed E-state index contributed by atoms with van der Waals surface area (Å²) in [4.78, 5) is 0. The fraction of sp³-hybridized carbons (Fsp3) is 0.500. The predicted molar refractivity (Wildman–Crippen MR) is 55.1 cm³/mol. The molecule has 0 heterocycles. The SMILES string of the molecule is Fc1cccc(C23CC(CCl)(C2)C3)c1. The van der Waals surface area contributed by atoms with Gasteiger partial charge in [-0.1, -0.05) is 12.1 Å². The summed E-state index contributed by atoms with van der Waals surface area (Å²) < 4.78 is 13.0. The maximum Gasteiger partial charge on any atom is 0.123 e. The van der Waals surface area contributed by atoms with E-state index in [1.165, 1.54) is 11.6 Å². The Hall–Kier alpha value is -0.560. The van der Waals surface area contributed by atoms with Crippen LogP contribution in [0.4, 0.5) is 4.39 Å². The lowest BCUT2D eigenvalue weighted by atomic mass is 9.34. The molecule has 3 saturated carbocycles. The van der Waals surface area contributed by atoms with Crippen LogP contribution in [-0.2, 0) is 5.41 Å². The Kier molecular flexibility index (Phi) is 1.57. The van der Waals surface area contributed by atoms with Crippen LogP contribution in [0.5, 0.6) is 0 Å². The summed E-state index contributed by atoms with van der Waals surface area (Å²) in [6.45, 7) is 0. The Morgan fingerprint density at radius 1 is 1.29 bits per heavy atom. The van der Waals surface area contributed by atoms with Gasteiger partial charge in [0.1, 0.15) is 5.82 Å². The standard InChI is InChI=1S/C12H12ClF/c13-8-11-5-12(6-11,7-11)9-2-1-3-10(14)4-9/h1-4H,5-8H2. The predicted octanol–water partition coefficient (Wildman–Crippen LogP) is 3.49. The molecular weight excluding hydrogens is 199 g/mol. The van der Waals surface area contributed by atoms with Gasteiger partial charge in [-0.3, -0.25) is 0 Å². The zero-order valence-corrected chi connectivity index (χ0v) is 8.65. The van der Waals surface area contributed by atoms with E-state index in [4.69, 9.17) is 11.6 Å². The minimum atomic E-state index is -0.118. The van der Waals surface area contributed by atoms with Crippen molar-refractivity contribution in [2.24, 2.45) is 5.41 Å². The van der Waals surface area contributed by atoms with E-state index in [1.807, 2.05) is 6.07 Å². The van der Waals surface area contributed by atoms with Gasteiger partial charge >= 0.3 is 0 Å². The van der Waals surface area contributed by atoms with E-state index in [0.717, 1.165) is 25.1 Å². The van der Waals surface area contributed by atoms with E-state index in [1.54, 1.807) is 12.1 Å². The molecule has 1 aromatic carbocycles. The molecule has 0 unspecified atom stereocenters. The van der Waals surface area contributed by atoms with Gasteiger partial charge in [0.2, 0.25) is 0 Å². The second kappa shape index (κ2) is 2.52. The molecule has 3 aliphatic rings. The summed E-state index contributed by atoms with van der Waals surface area (Å²) in [5.41, 5.74) is 1.87. The molecule has 2 bridgehead atoms. The molecule has 0 saturated heterocycles. The number of alkyl halides is 1. The highest BCUT2D eigenvalue weighted by Gasteiger charge is 2.67. The normalized spacial score (nSPS) is 38.7. The lowest BCUT2D eigenvalue weighted by Crippen LogP contribution is -2.65. The zero-order valence-electron chi connectivity index (χ0n) is 7.89. The van der Waals surface area contributed by atoms with E-state index in [-0.39, 0.29) is 11.2 Å². The molecule has 74 valence electrons. The van der Waals surface area contributed by atoms with Crippen molar-refractivity contribution in [1.82, 2.24) is 0 Å². The number of rotatable bonds is 2. The van der Waals surface area contributed by atoms with Crippen LogP contribution < -0.4 is 0 Å². The Morgan fingerprint density at radius 2 is 2.00 bits per heavy atom. The van der Waals surface area contributed by atoms with E-state index in [2.05, 4.69) is 0 Å². The molecule has 4 rings (SSSR count). The Bertz CT molecular complexity index is 366. The van der Waals surface area contributed by atoms with Gasteiger partial charge in [0.05, 0.1) is 0 Å². The van der Waals surface area contributed by atoms with Crippen molar-refractivity contribution in [2.45, 2.75) is 24.7 Å². The molecule has 0 N–H and O–H groups in total. The molecule has 1 aromatic rings. The van der Waals surface area contributed by atoms with Crippen LogP contribution in [0.15, 0.2) is 24.3 Å². The highest BCUT2D eigenvalue weighted by molar-refractivity contribution is 6.18. The summed E-state index contributed by atoms with van der Waals surface area (Å²) in [6.07, 6.45) is 3.48. The summed E-state index contributed by atoms with van der Waals surface area (Å²) in [5, 5.41) is 0. The average molecular weight is 211 g/mol. The van der Waals surface area contributed by atoms with Crippen LogP contribution in [0.3, 0.4) is 0 Å². The van der Waals surface area contributed by atoms with E-state index in [0.29, 0.717) is 5.41 Å². The van der Waals surface area contributed by atoms with Gasteiger partial charge in [0.25, 0.3) is 0 Å². The lowest BCUT2D eigenvalue weighted by Gasteiger charge is -2.70. The van der Waals surface area contributed by atoms with Gasteiger partial charge in [-0.2, -0.15) is 0 Å². The van der Waals surface area contributed by atoms with Crippen molar-refractivity contribution in [3.63, 3.8) is 0 Å². The molecule has 0 aromatic heterocycles. The lowest BCUT2D eigenvalue weighted by molar-refractivity contribution is -0.122. The fourth-order valence-corrected chi connectivity index (χ4v) is 3.55. The van der Waals surface area contributed by atoms with Crippen LogP contribution in [-0.4, -0.2) is 5.88 Å². The van der Waals surface area contributed by atoms with Crippen LogP contribution in [0.2, 0.25) is 0 Å². The van der Waals surface area contributed by atoms with Crippen LogP contribution in [0.25, 0.3) is 0 Å². The minimum Gasteiger partial charge on any atom is -0.207 e. The molecule has 0 spiro atoms. The van der Waals surface area contributed by atoms with Gasteiger partial charge < -0.3 is 0 Å². The van der Waals surface area contributed by atoms with Gasteiger partial charge in [-0.25, -0.2) is 4.39 Å². The second-order valence-corrected chi connectivity index (χ2v) is 5.22. The van der Waals surface area contributed by atoms with Crippen molar-refractivity contribution in [3.8, 4) is 0 Å². The minimum absolute atomic E-state index is 0.118. The zero-order chi connectivity index (χ0) is 9.81. The number of benzene rings is 1. The first-order valence-corrected chi connectivity index (χ1v) is 5.54. The third kappa shape index (κ3) is 0.939. The third-order valence-corrected chi connectivity index (χ3v) is 4.43. The number of hydrogen-bond acceptors (Lipinski definition) is 0. The summed E-state index contributed by atoms with van der Waals surface area (Å²) in [6, 6.07) is 7.03. The number of hydrogen-bond donors (Lipinski definition) is 0. The van der Waals surface area contributed by atoms with E-state index in [9.17, 15) is 4.39 Å². The topological polar surface area (TPSA) is 0 Å². The van der Waals surface area contributed by atoms with Crippen LogP contribution in [0, 0.1) is 11.2 Å². The fourth-order valence-electron chi connectivity index (χ4n) is 3.26. The summed E-state index contributed by atoms with van der Waals surface area (Å²) in [5.74, 6) is 0.650. The van der Waals surface area contributed by atoms with Crippen LogP contribution >= 0.6 is 11.6 Å².